The topological polar surface area (TPSA) is 29.9 Å². The van der Waals surface area contributed by atoms with Gasteiger partial charge in [-0.05, 0) is 28.9 Å². The highest BCUT2D eigenvalue weighted by molar-refractivity contribution is 9.10. The Morgan fingerprint density at radius 3 is 2.67 bits per heavy atom. The maximum Gasteiger partial charge on any atom is 0.150 e. The molecule has 18 heavy (non-hydrogen) atoms. The number of nitrogens with one attached hydrogen (secondary N) is 1. The minimum absolute atomic E-state index is 0.130. The molecular formula is C12H12BrF2N3. The molecule has 0 aliphatic rings. The summed E-state index contributed by atoms with van der Waals surface area (Å²) in [6.07, 6.45) is 3.54. The smallest absolute Gasteiger partial charge is 0.150 e. The van der Waals surface area contributed by atoms with Gasteiger partial charge in [0.15, 0.2) is 0 Å². The predicted octanol–water partition coefficient (Wildman–Crippen LogP) is 3.63. The van der Waals surface area contributed by atoms with Crippen molar-refractivity contribution >= 4 is 21.6 Å². The summed E-state index contributed by atoms with van der Waals surface area (Å²) in [5.41, 5.74) is 1.17. The molecule has 2 aromatic rings. The number of hydrogen-bond acceptors (Lipinski definition) is 2. The first-order valence-electron chi connectivity index (χ1n) is 5.37. The number of aryl methyl sites for hydroxylation is 1. The van der Waals surface area contributed by atoms with E-state index in [4.69, 9.17) is 0 Å². The predicted molar refractivity (Wildman–Crippen MR) is 69.3 cm³/mol. The molecule has 2 rings (SSSR count). The fourth-order valence-electron chi connectivity index (χ4n) is 1.64. The highest BCUT2D eigenvalue weighted by atomic mass is 79.9. The van der Waals surface area contributed by atoms with E-state index in [0.29, 0.717) is 4.47 Å². The van der Waals surface area contributed by atoms with Crippen molar-refractivity contribution in [3.05, 3.63) is 46.2 Å². The molecule has 0 saturated carbocycles. The third-order valence-corrected chi connectivity index (χ3v) is 3.22. The summed E-state index contributed by atoms with van der Waals surface area (Å²) in [5.74, 6) is -1.24. The van der Waals surface area contributed by atoms with Crippen LogP contribution in [0.3, 0.4) is 0 Å². The molecule has 0 aliphatic carbocycles. The summed E-state index contributed by atoms with van der Waals surface area (Å²) in [4.78, 5) is 0. The molecule has 0 bridgehead atoms. The Hall–Kier alpha value is -1.43. The maximum atomic E-state index is 13.6. The van der Waals surface area contributed by atoms with E-state index >= 15 is 0 Å². The lowest BCUT2D eigenvalue weighted by Gasteiger charge is -2.15. The van der Waals surface area contributed by atoms with Gasteiger partial charge < -0.3 is 5.32 Å². The fraction of sp³-hybridized carbons (Fsp3) is 0.250. The number of halogens is 3. The highest BCUT2D eigenvalue weighted by Crippen LogP contribution is 2.30. The van der Waals surface area contributed by atoms with Crippen molar-refractivity contribution in [2.75, 3.05) is 5.32 Å². The molecule has 1 atom stereocenters. The Morgan fingerprint density at radius 1 is 1.39 bits per heavy atom. The molecule has 0 fully saturated rings. The Morgan fingerprint density at radius 2 is 2.11 bits per heavy atom. The summed E-state index contributed by atoms with van der Waals surface area (Å²) in [6.45, 7) is 1.88. The van der Waals surface area contributed by atoms with Crippen LogP contribution in [0.15, 0.2) is 29.0 Å². The van der Waals surface area contributed by atoms with E-state index in [1.807, 2.05) is 20.2 Å². The lowest BCUT2D eigenvalue weighted by atomic mass is 10.2. The van der Waals surface area contributed by atoms with E-state index in [-0.39, 0.29) is 11.7 Å². The highest BCUT2D eigenvalue weighted by Gasteiger charge is 2.14. The molecule has 1 heterocycles. The van der Waals surface area contributed by atoms with Gasteiger partial charge in [0.1, 0.15) is 11.6 Å². The first kappa shape index (κ1) is 13.0. The van der Waals surface area contributed by atoms with Crippen molar-refractivity contribution in [1.29, 1.82) is 0 Å². The molecule has 1 aromatic carbocycles. The van der Waals surface area contributed by atoms with Crippen LogP contribution in [0.4, 0.5) is 14.5 Å². The Balaban J connectivity index is 2.24. The minimum atomic E-state index is -0.627. The van der Waals surface area contributed by atoms with Crippen molar-refractivity contribution in [2.45, 2.75) is 13.0 Å². The van der Waals surface area contributed by atoms with Gasteiger partial charge in [0, 0.05) is 29.3 Å². The van der Waals surface area contributed by atoms with Gasteiger partial charge in [-0.1, -0.05) is 0 Å². The van der Waals surface area contributed by atoms with Gasteiger partial charge in [-0.15, -0.1) is 0 Å². The zero-order valence-corrected chi connectivity index (χ0v) is 11.5. The SMILES string of the molecule is CC(Nc1c(F)cc(F)cc1Br)c1cnn(C)c1. The first-order valence-corrected chi connectivity index (χ1v) is 6.16. The number of benzene rings is 1. The normalized spacial score (nSPS) is 12.5. The third-order valence-electron chi connectivity index (χ3n) is 2.59. The molecule has 0 radical (unpaired) electrons. The van der Waals surface area contributed by atoms with Crippen molar-refractivity contribution in [1.82, 2.24) is 9.78 Å². The fourth-order valence-corrected chi connectivity index (χ4v) is 2.17. The van der Waals surface area contributed by atoms with Crippen LogP contribution in [-0.4, -0.2) is 9.78 Å². The lowest BCUT2D eigenvalue weighted by Crippen LogP contribution is -2.08. The number of aromatic nitrogens is 2. The number of rotatable bonds is 3. The second kappa shape index (κ2) is 5.06. The largest absolute Gasteiger partial charge is 0.375 e. The van der Waals surface area contributed by atoms with Gasteiger partial charge in [-0.3, -0.25) is 4.68 Å². The van der Waals surface area contributed by atoms with Crippen molar-refractivity contribution < 1.29 is 8.78 Å². The van der Waals surface area contributed by atoms with Crippen LogP contribution < -0.4 is 5.32 Å². The summed E-state index contributed by atoms with van der Waals surface area (Å²) >= 11 is 3.14. The number of anilines is 1. The van der Waals surface area contributed by atoms with Crippen LogP contribution >= 0.6 is 15.9 Å². The van der Waals surface area contributed by atoms with Gasteiger partial charge in [-0.25, -0.2) is 8.78 Å². The Kier molecular flexibility index (Phi) is 3.65. The molecule has 0 aliphatic heterocycles. The Labute approximate surface area is 112 Å². The monoisotopic (exact) mass is 315 g/mol. The Bertz CT molecular complexity index is 545. The second-order valence-corrected chi connectivity index (χ2v) is 4.91. The molecular weight excluding hydrogens is 304 g/mol. The van der Waals surface area contributed by atoms with Gasteiger partial charge in [0.05, 0.1) is 17.9 Å². The van der Waals surface area contributed by atoms with E-state index in [2.05, 4.69) is 26.3 Å². The number of nitrogens with zero attached hydrogens (tertiary/aromatic N) is 2. The number of hydrogen-bond donors (Lipinski definition) is 1. The average Bonchev–Trinajstić information content (AvgIpc) is 2.70. The first-order chi connectivity index (χ1) is 8.47. The standard InChI is InChI=1S/C12H12BrF2N3/c1-7(8-5-16-18(2)6-8)17-12-10(13)3-9(14)4-11(12)15/h3-7,17H,1-2H3. The van der Waals surface area contributed by atoms with Gasteiger partial charge >= 0.3 is 0 Å². The van der Waals surface area contributed by atoms with Gasteiger partial charge in [0.25, 0.3) is 0 Å². The molecule has 96 valence electrons. The zero-order chi connectivity index (χ0) is 13.3. The van der Waals surface area contributed by atoms with Crippen LogP contribution in [-0.2, 0) is 7.05 Å². The van der Waals surface area contributed by atoms with E-state index < -0.39 is 11.6 Å². The maximum absolute atomic E-state index is 13.6. The van der Waals surface area contributed by atoms with Crippen LogP contribution in [0, 0.1) is 11.6 Å². The summed E-state index contributed by atoms with van der Waals surface area (Å²) < 4.78 is 28.6. The third kappa shape index (κ3) is 2.69. The molecule has 3 nitrogen and oxygen atoms in total. The van der Waals surface area contributed by atoms with Crippen LogP contribution in [0.25, 0.3) is 0 Å². The van der Waals surface area contributed by atoms with Crippen molar-refractivity contribution in [2.24, 2.45) is 7.05 Å². The molecule has 1 N–H and O–H groups in total. The van der Waals surface area contributed by atoms with E-state index in [9.17, 15) is 8.78 Å². The molecule has 6 heteroatoms. The zero-order valence-electron chi connectivity index (χ0n) is 9.92. The minimum Gasteiger partial charge on any atom is -0.375 e. The van der Waals surface area contributed by atoms with E-state index in [1.54, 1.807) is 10.9 Å². The molecule has 0 saturated heterocycles. The van der Waals surface area contributed by atoms with Gasteiger partial charge in [0.2, 0.25) is 0 Å². The molecule has 1 aromatic heterocycles. The molecule has 0 amide bonds. The van der Waals surface area contributed by atoms with Crippen LogP contribution in [0.1, 0.15) is 18.5 Å². The molecule has 1 unspecified atom stereocenters. The van der Waals surface area contributed by atoms with E-state index in [0.717, 1.165) is 11.6 Å². The van der Waals surface area contributed by atoms with Crippen LogP contribution in [0.2, 0.25) is 0 Å². The van der Waals surface area contributed by atoms with E-state index in [1.165, 1.54) is 6.07 Å². The lowest BCUT2D eigenvalue weighted by molar-refractivity contribution is 0.582. The second-order valence-electron chi connectivity index (χ2n) is 4.06. The average molecular weight is 316 g/mol. The summed E-state index contributed by atoms with van der Waals surface area (Å²) in [6, 6.07) is 1.94. The van der Waals surface area contributed by atoms with Crippen molar-refractivity contribution in [3.63, 3.8) is 0 Å². The molecule has 0 spiro atoms. The summed E-state index contributed by atoms with van der Waals surface area (Å²) in [7, 11) is 1.81. The van der Waals surface area contributed by atoms with Gasteiger partial charge in [-0.2, -0.15) is 5.10 Å². The van der Waals surface area contributed by atoms with Crippen LogP contribution in [0.5, 0.6) is 0 Å². The quantitative estimate of drug-likeness (QED) is 0.937. The van der Waals surface area contributed by atoms with Crippen molar-refractivity contribution in [3.8, 4) is 0 Å². The summed E-state index contributed by atoms with van der Waals surface area (Å²) in [5, 5.41) is 7.04.